The topological polar surface area (TPSA) is 70.4 Å². The van der Waals surface area contributed by atoms with Gasteiger partial charge in [-0.15, -0.1) is 0 Å². The molecule has 22 heavy (non-hydrogen) atoms. The lowest BCUT2D eigenvalue weighted by Gasteiger charge is -2.20. The Hall–Kier alpha value is -1.56. The van der Waals surface area contributed by atoms with E-state index in [1.54, 1.807) is 13.2 Å². The van der Waals surface area contributed by atoms with E-state index in [0.717, 1.165) is 16.4 Å². The zero-order chi connectivity index (χ0) is 16.3. The smallest absolute Gasteiger partial charge is 0.248 e. The highest BCUT2D eigenvalue weighted by atomic mass is 32.2. The average molecular weight is 330 g/mol. The molecule has 1 aromatic carbocycles. The molecule has 8 heteroatoms. The minimum Gasteiger partial charge on any atom is -0.381 e. The van der Waals surface area contributed by atoms with Crippen LogP contribution in [0.1, 0.15) is 24.8 Å². The van der Waals surface area contributed by atoms with Gasteiger partial charge in [-0.2, -0.15) is 9.57 Å². The molecule has 1 saturated heterocycles. The molecule has 1 heterocycles. The van der Waals surface area contributed by atoms with Gasteiger partial charge in [-0.3, -0.25) is 0 Å². The third-order valence-corrected chi connectivity index (χ3v) is 5.64. The van der Waals surface area contributed by atoms with Crippen molar-refractivity contribution in [3.63, 3.8) is 0 Å². The van der Waals surface area contributed by atoms with E-state index in [-0.39, 0.29) is 24.8 Å². The molecule has 0 N–H and O–H groups in total. The predicted octanol–water partition coefficient (Wildman–Crippen LogP) is 2.03. The fraction of sp³-hybridized carbons (Fsp3) is 0.500. The summed E-state index contributed by atoms with van der Waals surface area (Å²) in [5.74, 6) is -2.49. The maximum absolute atomic E-state index is 14.0. The summed E-state index contributed by atoms with van der Waals surface area (Å²) in [5, 5.41) is 8.67. The van der Waals surface area contributed by atoms with E-state index in [9.17, 15) is 17.2 Å². The summed E-state index contributed by atoms with van der Waals surface area (Å²) in [4.78, 5) is -0.998. The summed E-state index contributed by atoms with van der Waals surface area (Å²) in [6.45, 7) is 0.320. The first-order valence-corrected chi connectivity index (χ1v) is 8.26. The number of benzene rings is 1. The Bertz CT molecular complexity index is 678. The van der Waals surface area contributed by atoms with E-state index < -0.39 is 26.6 Å². The van der Waals surface area contributed by atoms with Crippen molar-refractivity contribution in [3.05, 3.63) is 29.3 Å². The monoisotopic (exact) mass is 330 g/mol. The van der Waals surface area contributed by atoms with E-state index in [4.69, 9.17) is 10.00 Å². The second-order valence-electron chi connectivity index (χ2n) is 5.07. The van der Waals surface area contributed by atoms with E-state index in [1.165, 1.54) is 0 Å². The lowest BCUT2D eigenvalue weighted by molar-refractivity contribution is 0.0916. The third kappa shape index (κ3) is 3.27. The van der Waals surface area contributed by atoms with Crippen molar-refractivity contribution in [2.45, 2.75) is 30.3 Å². The van der Waals surface area contributed by atoms with Gasteiger partial charge in [0.05, 0.1) is 17.7 Å². The molecule has 1 fully saturated rings. The van der Waals surface area contributed by atoms with Crippen LogP contribution in [0.5, 0.6) is 0 Å². The Kier molecular flexibility index (Phi) is 5.11. The van der Waals surface area contributed by atoms with E-state index >= 15 is 0 Å². The number of hydrogen-bond donors (Lipinski definition) is 0. The molecule has 120 valence electrons. The van der Waals surface area contributed by atoms with Gasteiger partial charge in [0.1, 0.15) is 11.6 Å². The number of sulfonamides is 1. The van der Waals surface area contributed by atoms with Crippen molar-refractivity contribution in [2.24, 2.45) is 0 Å². The van der Waals surface area contributed by atoms with Crippen LogP contribution in [0.15, 0.2) is 17.0 Å². The van der Waals surface area contributed by atoms with Crippen molar-refractivity contribution < 1.29 is 21.9 Å². The number of methoxy groups -OCH3 is 1. The first-order valence-electron chi connectivity index (χ1n) is 6.82. The van der Waals surface area contributed by atoms with Crippen LogP contribution in [-0.2, 0) is 14.8 Å². The molecule has 0 bridgehead atoms. The first kappa shape index (κ1) is 16.8. The quantitative estimate of drug-likeness (QED) is 0.850. The zero-order valence-electron chi connectivity index (χ0n) is 12.1. The maximum Gasteiger partial charge on any atom is 0.248 e. The van der Waals surface area contributed by atoms with Crippen LogP contribution in [0.25, 0.3) is 0 Å². The van der Waals surface area contributed by atoms with Crippen LogP contribution >= 0.6 is 0 Å². The van der Waals surface area contributed by atoms with E-state index in [2.05, 4.69) is 0 Å². The second-order valence-corrected chi connectivity index (χ2v) is 6.95. The molecule has 0 radical (unpaired) electrons. The fourth-order valence-corrected chi connectivity index (χ4v) is 4.10. The molecule has 1 unspecified atom stereocenters. The Labute approximate surface area is 128 Å². The molecule has 0 aliphatic carbocycles. The highest BCUT2D eigenvalue weighted by Crippen LogP contribution is 2.26. The van der Waals surface area contributed by atoms with Crippen molar-refractivity contribution in [2.75, 3.05) is 20.2 Å². The summed E-state index contributed by atoms with van der Waals surface area (Å²) < 4.78 is 59.2. The van der Waals surface area contributed by atoms with Gasteiger partial charge in [-0.05, 0) is 31.4 Å². The molecular formula is C14H16F2N2O3S. The number of hydrogen-bond acceptors (Lipinski definition) is 4. The molecule has 0 spiro atoms. The van der Waals surface area contributed by atoms with Gasteiger partial charge in [0.25, 0.3) is 0 Å². The van der Waals surface area contributed by atoms with E-state index in [1.807, 2.05) is 0 Å². The van der Waals surface area contributed by atoms with Crippen molar-refractivity contribution in [1.82, 2.24) is 4.31 Å². The molecule has 0 aromatic heterocycles. The Morgan fingerprint density at radius 3 is 2.45 bits per heavy atom. The zero-order valence-corrected chi connectivity index (χ0v) is 12.9. The third-order valence-electron chi connectivity index (χ3n) is 3.69. The summed E-state index contributed by atoms with van der Waals surface area (Å²) in [6, 6.07) is 3.04. The summed E-state index contributed by atoms with van der Waals surface area (Å²) in [7, 11) is -2.73. The van der Waals surface area contributed by atoms with Crippen LogP contribution < -0.4 is 0 Å². The summed E-state index contributed by atoms with van der Waals surface area (Å²) in [6.07, 6.45) is 1.66. The Balaban J connectivity index is 2.37. The minimum absolute atomic E-state index is 0.0594. The minimum atomic E-state index is -4.28. The molecule has 1 aliphatic heterocycles. The summed E-state index contributed by atoms with van der Waals surface area (Å²) in [5.41, 5.74) is -0.260. The van der Waals surface area contributed by atoms with Crippen LogP contribution in [0.2, 0.25) is 0 Å². The highest BCUT2D eigenvalue weighted by Gasteiger charge is 2.32. The fourth-order valence-electron chi connectivity index (χ4n) is 2.52. The molecular weight excluding hydrogens is 314 g/mol. The highest BCUT2D eigenvalue weighted by molar-refractivity contribution is 7.89. The molecule has 0 saturated carbocycles. The SMILES string of the molecule is COC1CCCN(S(=O)(=O)c2c(F)cc(C#N)cc2F)CC1. The molecule has 5 nitrogen and oxygen atoms in total. The second kappa shape index (κ2) is 6.69. The Morgan fingerprint density at radius 1 is 1.27 bits per heavy atom. The molecule has 2 rings (SSSR count). The van der Waals surface area contributed by atoms with Gasteiger partial charge in [-0.1, -0.05) is 0 Å². The van der Waals surface area contributed by atoms with Crippen LogP contribution in [0.3, 0.4) is 0 Å². The van der Waals surface area contributed by atoms with Gasteiger partial charge in [0.15, 0.2) is 4.90 Å². The number of ether oxygens (including phenoxy) is 1. The van der Waals surface area contributed by atoms with Crippen molar-refractivity contribution in [3.8, 4) is 6.07 Å². The van der Waals surface area contributed by atoms with Crippen LogP contribution in [-0.4, -0.2) is 39.0 Å². The number of halogens is 2. The van der Waals surface area contributed by atoms with Gasteiger partial charge < -0.3 is 4.74 Å². The van der Waals surface area contributed by atoms with E-state index in [0.29, 0.717) is 19.3 Å². The largest absolute Gasteiger partial charge is 0.381 e. The number of nitrogens with zero attached hydrogens (tertiary/aromatic N) is 2. The molecule has 1 aliphatic rings. The van der Waals surface area contributed by atoms with Crippen molar-refractivity contribution in [1.29, 1.82) is 5.26 Å². The standard InChI is InChI=1S/C14H16F2N2O3S/c1-21-11-3-2-5-18(6-4-11)22(19,20)14-12(15)7-10(9-17)8-13(14)16/h7-8,11H,2-6H2,1H3. The Morgan fingerprint density at radius 2 is 1.91 bits per heavy atom. The number of nitriles is 1. The first-order chi connectivity index (χ1) is 10.4. The average Bonchev–Trinajstić information content (AvgIpc) is 2.71. The molecule has 1 aromatic rings. The predicted molar refractivity (Wildman–Crippen MR) is 74.5 cm³/mol. The van der Waals surface area contributed by atoms with Gasteiger partial charge in [-0.25, -0.2) is 17.2 Å². The van der Waals surface area contributed by atoms with Gasteiger partial charge in [0.2, 0.25) is 10.0 Å². The van der Waals surface area contributed by atoms with Gasteiger partial charge in [0, 0.05) is 20.2 Å². The number of rotatable bonds is 3. The maximum atomic E-state index is 14.0. The van der Waals surface area contributed by atoms with Crippen LogP contribution in [0.4, 0.5) is 8.78 Å². The summed E-state index contributed by atoms with van der Waals surface area (Å²) >= 11 is 0. The van der Waals surface area contributed by atoms with Gasteiger partial charge >= 0.3 is 0 Å². The van der Waals surface area contributed by atoms with Crippen LogP contribution in [0, 0.1) is 23.0 Å². The molecule has 0 amide bonds. The molecule has 1 atom stereocenters. The lowest BCUT2D eigenvalue weighted by Crippen LogP contribution is -2.33. The van der Waals surface area contributed by atoms with Crippen molar-refractivity contribution >= 4 is 10.0 Å². The lowest BCUT2D eigenvalue weighted by atomic mass is 10.2. The normalized spacial score (nSPS) is 20.4.